The van der Waals surface area contributed by atoms with Gasteiger partial charge in [-0.2, -0.15) is 0 Å². The molecular weight excluding hydrogens is 276 g/mol. The molecule has 1 aliphatic heterocycles. The van der Waals surface area contributed by atoms with Crippen molar-refractivity contribution in [3.63, 3.8) is 0 Å². The van der Waals surface area contributed by atoms with Crippen molar-refractivity contribution in [2.45, 2.75) is 70.4 Å². The van der Waals surface area contributed by atoms with Gasteiger partial charge in [-0.25, -0.2) is 0 Å². The standard InChI is InChI=1S/C18H30O2Si/c1-18(2,3)21(4,5)20-16(13-17-14-19-17)12-11-15-9-7-6-8-10-15/h6-10,16-17H,11-14H2,1-5H3. The molecular formula is C18H30O2Si. The number of rotatable bonds is 7. The van der Waals surface area contributed by atoms with Crippen LogP contribution < -0.4 is 0 Å². The Balaban J connectivity index is 1.94. The summed E-state index contributed by atoms with van der Waals surface area (Å²) in [6, 6.07) is 10.7. The zero-order valence-electron chi connectivity index (χ0n) is 14.2. The summed E-state index contributed by atoms with van der Waals surface area (Å²) in [7, 11) is -1.70. The van der Waals surface area contributed by atoms with Gasteiger partial charge in [-0.05, 0) is 36.5 Å². The minimum absolute atomic E-state index is 0.266. The van der Waals surface area contributed by atoms with Gasteiger partial charge in [0.2, 0.25) is 0 Å². The van der Waals surface area contributed by atoms with E-state index >= 15 is 0 Å². The molecule has 0 aromatic heterocycles. The van der Waals surface area contributed by atoms with Crippen LogP contribution in [0.3, 0.4) is 0 Å². The molecule has 0 bridgehead atoms. The molecule has 0 spiro atoms. The fraction of sp³-hybridized carbons (Fsp3) is 0.667. The van der Waals surface area contributed by atoms with Crippen LogP contribution in [0.15, 0.2) is 30.3 Å². The first-order valence-corrected chi connectivity index (χ1v) is 11.0. The SMILES string of the molecule is CC(C)(C)[Si](C)(C)OC(CCc1ccccc1)CC1CO1. The van der Waals surface area contributed by atoms with Crippen LogP contribution in [-0.4, -0.2) is 27.1 Å². The number of ether oxygens (including phenoxy) is 1. The first kappa shape index (κ1) is 16.7. The van der Waals surface area contributed by atoms with E-state index in [4.69, 9.17) is 9.16 Å². The van der Waals surface area contributed by atoms with Gasteiger partial charge in [-0.1, -0.05) is 51.1 Å². The molecule has 0 N–H and O–H groups in total. The Labute approximate surface area is 131 Å². The van der Waals surface area contributed by atoms with E-state index in [-0.39, 0.29) is 5.04 Å². The largest absolute Gasteiger partial charge is 0.414 e. The van der Waals surface area contributed by atoms with E-state index in [2.05, 4.69) is 64.2 Å². The predicted molar refractivity (Wildman–Crippen MR) is 91.2 cm³/mol. The van der Waals surface area contributed by atoms with Gasteiger partial charge in [0.1, 0.15) is 0 Å². The molecule has 2 atom stereocenters. The highest BCUT2D eigenvalue weighted by Gasteiger charge is 2.40. The molecule has 1 heterocycles. The lowest BCUT2D eigenvalue weighted by molar-refractivity contribution is 0.150. The van der Waals surface area contributed by atoms with E-state index in [9.17, 15) is 0 Å². The summed E-state index contributed by atoms with van der Waals surface area (Å²) in [4.78, 5) is 0. The highest BCUT2D eigenvalue weighted by molar-refractivity contribution is 6.74. The Hall–Kier alpha value is -0.643. The summed E-state index contributed by atoms with van der Waals surface area (Å²) in [5, 5.41) is 0.266. The molecule has 1 fully saturated rings. The maximum Gasteiger partial charge on any atom is 0.192 e. The number of aryl methyl sites for hydroxylation is 1. The van der Waals surface area contributed by atoms with Crippen LogP contribution in [0.1, 0.15) is 39.2 Å². The normalized spacial score (nSPS) is 20.3. The zero-order valence-corrected chi connectivity index (χ0v) is 15.2. The highest BCUT2D eigenvalue weighted by atomic mass is 28.4. The molecule has 2 rings (SSSR count). The summed E-state index contributed by atoms with van der Waals surface area (Å²) in [6.45, 7) is 12.5. The molecule has 118 valence electrons. The lowest BCUT2D eigenvalue weighted by Gasteiger charge is -2.39. The molecule has 21 heavy (non-hydrogen) atoms. The number of hydrogen-bond acceptors (Lipinski definition) is 2. The van der Waals surface area contributed by atoms with Crippen molar-refractivity contribution in [2.24, 2.45) is 0 Å². The number of benzene rings is 1. The molecule has 1 saturated heterocycles. The first-order valence-electron chi connectivity index (χ1n) is 8.11. The number of hydrogen-bond donors (Lipinski definition) is 0. The van der Waals surface area contributed by atoms with E-state index in [1.54, 1.807) is 0 Å². The minimum atomic E-state index is -1.70. The highest BCUT2D eigenvalue weighted by Crippen LogP contribution is 2.38. The second-order valence-electron chi connectivity index (χ2n) is 7.72. The van der Waals surface area contributed by atoms with E-state index < -0.39 is 8.32 Å². The van der Waals surface area contributed by atoms with Crippen molar-refractivity contribution in [3.05, 3.63) is 35.9 Å². The third-order valence-corrected chi connectivity index (χ3v) is 9.33. The Kier molecular flexibility index (Phi) is 5.28. The van der Waals surface area contributed by atoms with Crippen LogP contribution in [-0.2, 0) is 15.6 Å². The van der Waals surface area contributed by atoms with Gasteiger partial charge in [-0.15, -0.1) is 0 Å². The second kappa shape index (κ2) is 6.63. The average molecular weight is 307 g/mol. The summed E-state index contributed by atoms with van der Waals surface area (Å²) in [5.41, 5.74) is 1.40. The second-order valence-corrected chi connectivity index (χ2v) is 12.5. The van der Waals surface area contributed by atoms with Crippen LogP contribution in [0, 0.1) is 0 Å². The van der Waals surface area contributed by atoms with Gasteiger partial charge in [0.15, 0.2) is 8.32 Å². The molecule has 1 aromatic rings. The molecule has 3 heteroatoms. The quantitative estimate of drug-likeness (QED) is 0.533. The van der Waals surface area contributed by atoms with Crippen LogP contribution in [0.25, 0.3) is 0 Å². The third kappa shape index (κ3) is 5.24. The van der Waals surface area contributed by atoms with Crippen molar-refractivity contribution < 1.29 is 9.16 Å². The fourth-order valence-corrected chi connectivity index (χ4v) is 3.69. The van der Waals surface area contributed by atoms with Crippen molar-refractivity contribution in [1.82, 2.24) is 0 Å². The molecule has 0 saturated carbocycles. The summed E-state index contributed by atoms with van der Waals surface area (Å²) >= 11 is 0. The van der Waals surface area contributed by atoms with E-state index in [1.165, 1.54) is 5.56 Å². The van der Waals surface area contributed by atoms with Gasteiger partial charge < -0.3 is 9.16 Å². The molecule has 0 aliphatic carbocycles. The van der Waals surface area contributed by atoms with Crippen LogP contribution in [0.2, 0.25) is 18.1 Å². The molecule has 2 nitrogen and oxygen atoms in total. The van der Waals surface area contributed by atoms with Crippen molar-refractivity contribution in [3.8, 4) is 0 Å². The van der Waals surface area contributed by atoms with Gasteiger partial charge in [0, 0.05) is 12.5 Å². The van der Waals surface area contributed by atoms with Crippen LogP contribution in [0.4, 0.5) is 0 Å². The molecule has 0 amide bonds. The Morgan fingerprint density at radius 1 is 1.24 bits per heavy atom. The smallest absolute Gasteiger partial charge is 0.192 e. The van der Waals surface area contributed by atoms with E-state index in [0.29, 0.717) is 12.2 Å². The van der Waals surface area contributed by atoms with Gasteiger partial charge >= 0.3 is 0 Å². The minimum Gasteiger partial charge on any atom is -0.414 e. The average Bonchev–Trinajstić information content (AvgIpc) is 3.19. The van der Waals surface area contributed by atoms with Crippen molar-refractivity contribution >= 4 is 8.32 Å². The fourth-order valence-electron chi connectivity index (χ4n) is 2.29. The maximum atomic E-state index is 6.63. The molecule has 1 aliphatic rings. The van der Waals surface area contributed by atoms with Crippen molar-refractivity contribution in [2.75, 3.05) is 6.61 Å². The first-order chi connectivity index (χ1) is 9.78. The van der Waals surface area contributed by atoms with Crippen LogP contribution >= 0.6 is 0 Å². The molecule has 1 aromatic carbocycles. The summed E-state index contributed by atoms with van der Waals surface area (Å²) < 4.78 is 12.1. The lowest BCUT2D eigenvalue weighted by atomic mass is 10.0. The molecule has 2 unspecified atom stereocenters. The summed E-state index contributed by atoms with van der Waals surface area (Å²) in [5.74, 6) is 0. The Morgan fingerprint density at radius 3 is 2.38 bits per heavy atom. The van der Waals surface area contributed by atoms with Gasteiger partial charge in [-0.3, -0.25) is 0 Å². The molecule has 0 radical (unpaired) electrons. The van der Waals surface area contributed by atoms with Gasteiger partial charge in [0.25, 0.3) is 0 Å². The lowest BCUT2D eigenvalue weighted by Crippen LogP contribution is -2.44. The summed E-state index contributed by atoms with van der Waals surface area (Å²) in [6.07, 6.45) is 4.01. The van der Waals surface area contributed by atoms with E-state index in [1.807, 2.05) is 0 Å². The van der Waals surface area contributed by atoms with Crippen molar-refractivity contribution in [1.29, 1.82) is 0 Å². The zero-order chi connectivity index (χ0) is 15.5. The Bertz CT molecular complexity index is 432. The van der Waals surface area contributed by atoms with Crippen LogP contribution in [0.5, 0.6) is 0 Å². The monoisotopic (exact) mass is 306 g/mol. The Morgan fingerprint density at radius 2 is 1.86 bits per heavy atom. The third-order valence-electron chi connectivity index (χ3n) is 4.79. The number of epoxide rings is 1. The van der Waals surface area contributed by atoms with Gasteiger partial charge in [0.05, 0.1) is 12.7 Å². The topological polar surface area (TPSA) is 21.8 Å². The predicted octanol–water partition coefficient (Wildman–Crippen LogP) is 4.80. The van der Waals surface area contributed by atoms with E-state index in [0.717, 1.165) is 25.9 Å². The maximum absolute atomic E-state index is 6.63.